The Kier molecular flexibility index (Phi) is 5.28. The third-order valence-electron chi connectivity index (χ3n) is 4.39. The molecule has 6 heteroatoms. The Morgan fingerprint density at radius 2 is 2.04 bits per heavy atom. The SMILES string of the molecule is Cc1cc([C@@H](C)NC(=O)c2cncc(N3CCOCC3)c2)ccc1F. The first kappa shape index (κ1) is 17.4. The van der Waals surface area contributed by atoms with Gasteiger partial charge in [0.2, 0.25) is 0 Å². The zero-order valence-corrected chi connectivity index (χ0v) is 14.5. The Labute approximate surface area is 146 Å². The van der Waals surface area contributed by atoms with Crippen LogP contribution in [0.25, 0.3) is 0 Å². The lowest BCUT2D eigenvalue weighted by atomic mass is 10.0. The molecule has 3 rings (SSSR count). The largest absolute Gasteiger partial charge is 0.378 e. The van der Waals surface area contributed by atoms with E-state index in [9.17, 15) is 9.18 Å². The second kappa shape index (κ2) is 7.61. The highest BCUT2D eigenvalue weighted by Gasteiger charge is 2.16. The summed E-state index contributed by atoms with van der Waals surface area (Å²) < 4.78 is 18.8. The molecule has 1 aliphatic rings. The fourth-order valence-corrected chi connectivity index (χ4v) is 2.85. The van der Waals surface area contributed by atoms with Crippen LogP contribution in [0, 0.1) is 12.7 Å². The van der Waals surface area contributed by atoms with Crippen molar-refractivity contribution in [2.45, 2.75) is 19.9 Å². The molecule has 1 atom stereocenters. The van der Waals surface area contributed by atoms with Gasteiger partial charge >= 0.3 is 0 Å². The van der Waals surface area contributed by atoms with Gasteiger partial charge in [0, 0.05) is 19.3 Å². The molecule has 0 aliphatic carbocycles. The van der Waals surface area contributed by atoms with E-state index in [0.29, 0.717) is 24.3 Å². The maximum atomic E-state index is 13.4. The molecule has 25 heavy (non-hydrogen) atoms. The number of ether oxygens (including phenoxy) is 1. The monoisotopic (exact) mass is 343 g/mol. The summed E-state index contributed by atoms with van der Waals surface area (Å²) in [6.45, 7) is 6.53. The van der Waals surface area contributed by atoms with Crippen LogP contribution < -0.4 is 10.2 Å². The van der Waals surface area contributed by atoms with Crippen molar-refractivity contribution in [3.05, 3.63) is 59.2 Å². The van der Waals surface area contributed by atoms with Gasteiger partial charge in [0.25, 0.3) is 5.91 Å². The number of nitrogens with zero attached hydrogens (tertiary/aromatic N) is 2. The second-order valence-corrected chi connectivity index (χ2v) is 6.24. The molecule has 1 N–H and O–H groups in total. The Bertz CT molecular complexity index is 760. The number of aryl methyl sites for hydroxylation is 1. The number of halogens is 1. The molecule has 0 spiro atoms. The topological polar surface area (TPSA) is 54.5 Å². The van der Waals surface area contributed by atoms with Gasteiger partial charge in [0.05, 0.1) is 36.7 Å². The summed E-state index contributed by atoms with van der Waals surface area (Å²) in [5.74, 6) is -0.443. The van der Waals surface area contributed by atoms with Crippen LogP contribution in [-0.4, -0.2) is 37.2 Å². The third kappa shape index (κ3) is 4.14. The molecule has 0 unspecified atom stereocenters. The Morgan fingerprint density at radius 1 is 1.28 bits per heavy atom. The molecule has 1 saturated heterocycles. The number of hydrogen-bond donors (Lipinski definition) is 1. The van der Waals surface area contributed by atoms with E-state index in [4.69, 9.17) is 4.74 Å². The highest BCUT2D eigenvalue weighted by atomic mass is 19.1. The number of amides is 1. The fourth-order valence-electron chi connectivity index (χ4n) is 2.85. The summed E-state index contributed by atoms with van der Waals surface area (Å²) in [5, 5.41) is 2.94. The number of morpholine rings is 1. The lowest BCUT2D eigenvalue weighted by Gasteiger charge is -2.28. The molecule has 132 valence electrons. The van der Waals surface area contributed by atoms with Gasteiger partial charge in [-0.2, -0.15) is 0 Å². The lowest BCUT2D eigenvalue weighted by Crippen LogP contribution is -2.36. The zero-order valence-electron chi connectivity index (χ0n) is 14.5. The van der Waals surface area contributed by atoms with Crippen LogP contribution in [0.5, 0.6) is 0 Å². The van der Waals surface area contributed by atoms with Crippen LogP contribution in [0.4, 0.5) is 10.1 Å². The number of anilines is 1. The Hall–Kier alpha value is -2.47. The molecule has 1 aromatic carbocycles. The van der Waals surface area contributed by atoms with Crippen LogP contribution >= 0.6 is 0 Å². The van der Waals surface area contributed by atoms with E-state index in [-0.39, 0.29) is 17.8 Å². The van der Waals surface area contributed by atoms with Gasteiger partial charge in [-0.15, -0.1) is 0 Å². The predicted molar refractivity (Wildman–Crippen MR) is 94.3 cm³/mol. The van der Waals surface area contributed by atoms with E-state index in [1.807, 2.05) is 13.0 Å². The molecule has 1 aromatic heterocycles. The normalized spacial score (nSPS) is 15.7. The van der Waals surface area contributed by atoms with Crippen LogP contribution in [0.15, 0.2) is 36.7 Å². The van der Waals surface area contributed by atoms with Crippen molar-refractivity contribution in [2.24, 2.45) is 0 Å². The summed E-state index contributed by atoms with van der Waals surface area (Å²) in [6, 6.07) is 6.49. The van der Waals surface area contributed by atoms with Gasteiger partial charge in [-0.25, -0.2) is 4.39 Å². The quantitative estimate of drug-likeness (QED) is 0.927. The van der Waals surface area contributed by atoms with E-state index < -0.39 is 0 Å². The first-order valence-electron chi connectivity index (χ1n) is 8.39. The van der Waals surface area contributed by atoms with E-state index in [2.05, 4.69) is 15.2 Å². The van der Waals surface area contributed by atoms with Gasteiger partial charge in [-0.1, -0.05) is 12.1 Å². The minimum atomic E-state index is -0.246. The van der Waals surface area contributed by atoms with E-state index in [0.717, 1.165) is 24.3 Å². The average molecular weight is 343 g/mol. The summed E-state index contributed by atoms with van der Waals surface area (Å²) in [7, 11) is 0. The van der Waals surface area contributed by atoms with Crippen LogP contribution in [0.2, 0.25) is 0 Å². The van der Waals surface area contributed by atoms with Crippen LogP contribution in [0.1, 0.15) is 34.5 Å². The number of aromatic nitrogens is 1. The molecule has 2 heterocycles. The lowest BCUT2D eigenvalue weighted by molar-refractivity contribution is 0.0939. The summed E-state index contributed by atoms with van der Waals surface area (Å²) >= 11 is 0. The predicted octanol–water partition coefficient (Wildman–Crippen LogP) is 2.86. The molecule has 1 fully saturated rings. The van der Waals surface area contributed by atoms with Gasteiger partial charge in [0.1, 0.15) is 5.82 Å². The fraction of sp³-hybridized carbons (Fsp3) is 0.368. The van der Waals surface area contributed by atoms with Gasteiger partial charge in [-0.05, 0) is 37.1 Å². The molecule has 0 bridgehead atoms. The van der Waals surface area contributed by atoms with Crippen molar-refractivity contribution < 1.29 is 13.9 Å². The number of carbonyl (C=O) groups is 1. The van der Waals surface area contributed by atoms with Gasteiger partial charge in [0.15, 0.2) is 0 Å². The van der Waals surface area contributed by atoms with Gasteiger partial charge in [-0.3, -0.25) is 9.78 Å². The van der Waals surface area contributed by atoms with Crippen LogP contribution in [0.3, 0.4) is 0 Å². The minimum Gasteiger partial charge on any atom is -0.378 e. The summed E-state index contributed by atoms with van der Waals surface area (Å²) in [5.41, 5.74) is 2.86. The zero-order chi connectivity index (χ0) is 17.8. The Morgan fingerprint density at radius 3 is 2.76 bits per heavy atom. The van der Waals surface area contributed by atoms with Crippen molar-refractivity contribution in [3.63, 3.8) is 0 Å². The molecule has 0 saturated carbocycles. The minimum absolute atomic E-state index is 0.197. The van der Waals surface area contributed by atoms with E-state index >= 15 is 0 Å². The van der Waals surface area contributed by atoms with Crippen LogP contribution in [-0.2, 0) is 4.74 Å². The third-order valence-corrected chi connectivity index (χ3v) is 4.39. The number of nitrogens with one attached hydrogen (secondary N) is 1. The molecule has 2 aromatic rings. The Balaban J connectivity index is 1.71. The van der Waals surface area contributed by atoms with Crippen molar-refractivity contribution in [1.82, 2.24) is 10.3 Å². The summed E-state index contributed by atoms with van der Waals surface area (Å²) in [6.07, 6.45) is 3.32. The molecular formula is C19H22FN3O2. The van der Waals surface area contributed by atoms with Gasteiger partial charge < -0.3 is 15.0 Å². The second-order valence-electron chi connectivity index (χ2n) is 6.24. The molecule has 5 nitrogen and oxygen atoms in total. The number of benzene rings is 1. The van der Waals surface area contributed by atoms with E-state index in [1.54, 1.807) is 31.5 Å². The van der Waals surface area contributed by atoms with Crippen molar-refractivity contribution in [2.75, 3.05) is 31.2 Å². The first-order chi connectivity index (χ1) is 12.0. The number of pyridine rings is 1. The smallest absolute Gasteiger partial charge is 0.253 e. The first-order valence-corrected chi connectivity index (χ1v) is 8.39. The van der Waals surface area contributed by atoms with Crippen molar-refractivity contribution in [3.8, 4) is 0 Å². The average Bonchev–Trinajstić information content (AvgIpc) is 2.64. The van der Waals surface area contributed by atoms with E-state index in [1.165, 1.54) is 6.07 Å². The molecular weight excluding hydrogens is 321 g/mol. The summed E-state index contributed by atoms with van der Waals surface area (Å²) in [4.78, 5) is 18.9. The number of carbonyl (C=O) groups excluding carboxylic acids is 1. The van der Waals surface area contributed by atoms with Crippen molar-refractivity contribution in [1.29, 1.82) is 0 Å². The maximum Gasteiger partial charge on any atom is 0.253 e. The standard InChI is InChI=1S/C19H22FN3O2/c1-13-9-15(3-4-18(13)20)14(2)22-19(24)16-10-17(12-21-11-16)23-5-7-25-8-6-23/h3-4,9-12,14H,5-8H2,1-2H3,(H,22,24)/t14-/m1/s1. The molecule has 1 amide bonds. The number of hydrogen-bond acceptors (Lipinski definition) is 4. The molecule has 0 radical (unpaired) electrons. The molecule has 1 aliphatic heterocycles. The van der Waals surface area contributed by atoms with Crippen molar-refractivity contribution >= 4 is 11.6 Å². The number of rotatable bonds is 4. The maximum absolute atomic E-state index is 13.4. The highest BCUT2D eigenvalue weighted by molar-refractivity contribution is 5.95. The highest BCUT2D eigenvalue weighted by Crippen LogP contribution is 2.19.